The molecule has 0 aromatic heterocycles. The highest BCUT2D eigenvalue weighted by atomic mass is 16.6. The highest BCUT2D eigenvalue weighted by Gasteiger charge is 2.31. The zero-order chi connectivity index (χ0) is 20.9. The quantitative estimate of drug-likeness (QED) is 0.604. The van der Waals surface area contributed by atoms with Gasteiger partial charge in [-0.15, -0.1) is 0 Å². The van der Waals surface area contributed by atoms with Gasteiger partial charge in [-0.3, -0.25) is 9.59 Å². The van der Waals surface area contributed by atoms with Crippen LogP contribution < -0.4 is 10.6 Å². The van der Waals surface area contributed by atoms with Crippen LogP contribution in [0.15, 0.2) is 48.5 Å². The number of anilines is 1. The number of alkyl carbamates (subject to hydrolysis) is 1. The third kappa shape index (κ3) is 6.23. The van der Waals surface area contributed by atoms with E-state index in [4.69, 9.17) is 4.74 Å². The third-order valence-corrected chi connectivity index (χ3v) is 3.73. The average Bonchev–Trinajstić information content (AvgIpc) is 2.57. The van der Waals surface area contributed by atoms with E-state index in [1.807, 2.05) is 19.9 Å². The van der Waals surface area contributed by atoms with Gasteiger partial charge in [0.2, 0.25) is 0 Å². The molecular formula is C22H26N2O4. The Morgan fingerprint density at radius 1 is 0.929 bits per heavy atom. The summed E-state index contributed by atoms with van der Waals surface area (Å²) in [4.78, 5) is 37.9. The molecule has 0 aliphatic heterocycles. The molecule has 0 bridgehead atoms. The number of Topliss-reactive ketones (excluding diaryl/α,β-unsaturated/α-hetero) is 1. The highest BCUT2D eigenvalue weighted by molar-refractivity contribution is 6.18. The number of ether oxygens (including phenoxy) is 1. The molecule has 0 saturated heterocycles. The van der Waals surface area contributed by atoms with Gasteiger partial charge in [0.15, 0.2) is 11.8 Å². The maximum absolute atomic E-state index is 12.9. The zero-order valence-corrected chi connectivity index (χ0v) is 16.8. The zero-order valence-electron chi connectivity index (χ0n) is 16.8. The SMILES string of the molecule is Cc1cc(C)cc(NC(=O)C(NC(=O)OC(C)(C)C)C(=O)c2ccccc2)c1. The summed E-state index contributed by atoms with van der Waals surface area (Å²) < 4.78 is 5.21. The molecule has 148 valence electrons. The van der Waals surface area contributed by atoms with E-state index in [1.54, 1.807) is 63.2 Å². The molecule has 1 atom stereocenters. The number of aryl methyl sites for hydroxylation is 2. The molecule has 1 unspecified atom stereocenters. The minimum atomic E-state index is -1.42. The molecule has 6 heteroatoms. The van der Waals surface area contributed by atoms with Crippen LogP contribution in [0.4, 0.5) is 10.5 Å². The normalized spacial score (nSPS) is 12.0. The predicted octanol–water partition coefficient (Wildman–Crippen LogP) is 4.02. The van der Waals surface area contributed by atoms with E-state index < -0.39 is 29.4 Å². The molecular weight excluding hydrogens is 356 g/mol. The van der Waals surface area contributed by atoms with E-state index in [1.165, 1.54) is 0 Å². The monoisotopic (exact) mass is 382 g/mol. The Hall–Kier alpha value is -3.15. The number of hydrogen-bond acceptors (Lipinski definition) is 4. The van der Waals surface area contributed by atoms with Gasteiger partial charge < -0.3 is 15.4 Å². The van der Waals surface area contributed by atoms with Crippen molar-refractivity contribution < 1.29 is 19.1 Å². The lowest BCUT2D eigenvalue weighted by molar-refractivity contribution is -0.117. The molecule has 0 spiro atoms. The number of benzene rings is 2. The van der Waals surface area contributed by atoms with Gasteiger partial charge in [-0.1, -0.05) is 36.4 Å². The Morgan fingerprint density at radius 3 is 2.04 bits per heavy atom. The first-order valence-corrected chi connectivity index (χ1v) is 9.03. The number of hydrogen-bond donors (Lipinski definition) is 2. The number of carbonyl (C=O) groups excluding carboxylic acids is 3. The van der Waals surface area contributed by atoms with Crippen LogP contribution in [0.2, 0.25) is 0 Å². The van der Waals surface area contributed by atoms with E-state index >= 15 is 0 Å². The Labute approximate surface area is 165 Å². The minimum absolute atomic E-state index is 0.319. The van der Waals surface area contributed by atoms with E-state index in [-0.39, 0.29) is 0 Å². The Morgan fingerprint density at radius 2 is 1.50 bits per heavy atom. The van der Waals surface area contributed by atoms with Crippen molar-refractivity contribution in [3.8, 4) is 0 Å². The molecule has 0 heterocycles. The van der Waals surface area contributed by atoms with Gasteiger partial charge >= 0.3 is 6.09 Å². The molecule has 28 heavy (non-hydrogen) atoms. The van der Waals surface area contributed by atoms with Gasteiger partial charge in [0.05, 0.1) is 0 Å². The first-order valence-electron chi connectivity index (χ1n) is 9.03. The Kier molecular flexibility index (Phi) is 6.57. The van der Waals surface area contributed by atoms with Crippen LogP contribution in [0.3, 0.4) is 0 Å². The number of rotatable bonds is 5. The van der Waals surface area contributed by atoms with Crippen LogP contribution in [-0.2, 0) is 9.53 Å². The molecule has 0 aliphatic rings. The summed E-state index contributed by atoms with van der Waals surface area (Å²) in [5.74, 6) is -1.15. The van der Waals surface area contributed by atoms with Crippen molar-refractivity contribution >= 4 is 23.5 Å². The van der Waals surface area contributed by atoms with E-state index in [0.717, 1.165) is 11.1 Å². The minimum Gasteiger partial charge on any atom is -0.444 e. The fraction of sp³-hybridized carbons (Fsp3) is 0.318. The first kappa shape index (κ1) is 21.2. The summed E-state index contributed by atoms with van der Waals surface area (Å²) in [6, 6.07) is 12.5. The van der Waals surface area contributed by atoms with Crippen LogP contribution in [0.25, 0.3) is 0 Å². The topological polar surface area (TPSA) is 84.5 Å². The number of ketones is 1. The fourth-order valence-electron chi connectivity index (χ4n) is 2.71. The third-order valence-electron chi connectivity index (χ3n) is 3.73. The lowest BCUT2D eigenvalue weighted by atomic mass is 10.0. The molecule has 0 radical (unpaired) electrons. The van der Waals surface area contributed by atoms with Crippen LogP contribution in [0, 0.1) is 13.8 Å². The molecule has 2 aromatic carbocycles. The van der Waals surface area contributed by atoms with Crippen LogP contribution in [0.1, 0.15) is 42.3 Å². The molecule has 2 N–H and O–H groups in total. The van der Waals surface area contributed by atoms with Crippen molar-refractivity contribution in [3.63, 3.8) is 0 Å². The summed E-state index contributed by atoms with van der Waals surface area (Å²) >= 11 is 0. The largest absolute Gasteiger partial charge is 0.444 e. The summed E-state index contributed by atoms with van der Waals surface area (Å²) in [6.45, 7) is 8.94. The van der Waals surface area contributed by atoms with Crippen LogP contribution in [0.5, 0.6) is 0 Å². The average molecular weight is 382 g/mol. The van der Waals surface area contributed by atoms with Crippen molar-refractivity contribution in [3.05, 3.63) is 65.2 Å². The molecule has 2 amide bonds. The van der Waals surface area contributed by atoms with Gasteiger partial charge in [0.25, 0.3) is 5.91 Å². The number of carbonyl (C=O) groups is 3. The molecule has 0 aliphatic carbocycles. The van der Waals surface area contributed by atoms with Crippen molar-refractivity contribution in [2.45, 2.75) is 46.3 Å². The summed E-state index contributed by atoms with van der Waals surface area (Å²) in [7, 11) is 0. The standard InChI is InChI=1S/C22H26N2O4/c1-14-11-15(2)13-17(12-14)23-20(26)18(24-21(27)28-22(3,4)5)19(25)16-9-7-6-8-10-16/h6-13,18H,1-5H3,(H,23,26)(H,24,27). The van der Waals surface area contributed by atoms with Gasteiger partial charge in [-0.2, -0.15) is 0 Å². The second-order valence-corrected chi connectivity index (χ2v) is 7.68. The maximum atomic E-state index is 12.9. The molecule has 2 aromatic rings. The van der Waals surface area contributed by atoms with Gasteiger partial charge in [0, 0.05) is 11.3 Å². The second-order valence-electron chi connectivity index (χ2n) is 7.68. The Balaban J connectivity index is 2.27. The van der Waals surface area contributed by atoms with Crippen molar-refractivity contribution in [1.82, 2.24) is 5.32 Å². The number of nitrogens with one attached hydrogen (secondary N) is 2. The summed E-state index contributed by atoms with van der Waals surface area (Å²) in [5, 5.41) is 5.11. The van der Waals surface area contributed by atoms with Crippen molar-refractivity contribution in [2.75, 3.05) is 5.32 Å². The molecule has 6 nitrogen and oxygen atoms in total. The van der Waals surface area contributed by atoms with Gasteiger partial charge in [-0.05, 0) is 57.9 Å². The van der Waals surface area contributed by atoms with Crippen molar-refractivity contribution in [1.29, 1.82) is 0 Å². The van der Waals surface area contributed by atoms with Gasteiger partial charge in [-0.25, -0.2) is 4.79 Å². The second kappa shape index (κ2) is 8.69. The van der Waals surface area contributed by atoms with Crippen LogP contribution >= 0.6 is 0 Å². The van der Waals surface area contributed by atoms with E-state index in [0.29, 0.717) is 11.3 Å². The van der Waals surface area contributed by atoms with Crippen molar-refractivity contribution in [2.24, 2.45) is 0 Å². The van der Waals surface area contributed by atoms with E-state index in [9.17, 15) is 14.4 Å². The summed E-state index contributed by atoms with van der Waals surface area (Å²) in [6.07, 6.45) is -0.836. The number of amides is 2. The first-order chi connectivity index (χ1) is 13.0. The smallest absolute Gasteiger partial charge is 0.408 e. The predicted molar refractivity (Wildman–Crippen MR) is 108 cm³/mol. The summed E-state index contributed by atoms with van der Waals surface area (Å²) in [5.41, 5.74) is 2.07. The maximum Gasteiger partial charge on any atom is 0.408 e. The highest BCUT2D eigenvalue weighted by Crippen LogP contribution is 2.15. The molecule has 2 rings (SSSR count). The molecule has 0 saturated carbocycles. The van der Waals surface area contributed by atoms with Gasteiger partial charge in [0.1, 0.15) is 5.60 Å². The lowest BCUT2D eigenvalue weighted by Crippen LogP contribution is -2.50. The Bertz CT molecular complexity index is 850. The van der Waals surface area contributed by atoms with E-state index in [2.05, 4.69) is 10.6 Å². The molecule has 0 fully saturated rings. The lowest BCUT2D eigenvalue weighted by Gasteiger charge is -2.23. The van der Waals surface area contributed by atoms with Crippen LogP contribution in [-0.4, -0.2) is 29.4 Å². The fourth-order valence-corrected chi connectivity index (χ4v) is 2.71.